The van der Waals surface area contributed by atoms with Crippen LogP contribution in [0.3, 0.4) is 0 Å². The minimum Gasteiger partial charge on any atom is -0.476 e. The Morgan fingerprint density at radius 1 is 1.64 bits per heavy atom. The Labute approximate surface area is 79.6 Å². The van der Waals surface area contributed by atoms with Crippen molar-refractivity contribution in [2.45, 2.75) is 0 Å². The van der Waals surface area contributed by atoms with E-state index in [9.17, 15) is 4.79 Å². The summed E-state index contributed by atoms with van der Waals surface area (Å²) in [5, 5.41) is 12.1. The highest BCUT2D eigenvalue weighted by Crippen LogP contribution is 2.19. The predicted octanol–water partition coefficient (Wildman–Crippen LogP) is 1.38. The van der Waals surface area contributed by atoms with Gasteiger partial charge in [0.1, 0.15) is 0 Å². The summed E-state index contributed by atoms with van der Waals surface area (Å²) in [6.45, 7) is 0. The lowest BCUT2D eigenvalue weighted by molar-refractivity contribution is 0.0686. The van der Waals surface area contributed by atoms with E-state index < -0.39 is 5.97 Å². The molecule has 0 aliphatic heterocycles. The Balaban J connectivity index is 2.43. The largest absolute Gasteiger partial charge is 0.476 e. The molecular weight excluding hydrogens is 184 g/mol. The van der Waals surface area contributed by atoms with Crippen molar-refractivity contribution in [3.63, 3.8) is 0 Å². The molecular formula is C9H8N2O3. The van der Waals surface area contributed by atoms with Gasteiger partial charge in [0.05, 0.1) is 5.69 Å². The summed E-state index contributed by atoms with van der Waals surface area (Å²) in [6, 6.07) is 5.07. The minimum absolute atomic E-state index is 0.0822. The Morgan fingerprint density at radius 2 is 2.43 bits per heavy atom. The van der Waals surface area contributed by atoms with E-state index in [0.717, 1.165) is 5.69 Å². The Kier molecular flexibility index (Phi) is 1.85. The molecule has 0 aliphatic carbocycles. The SMILES string of the molecule is Cn1cccc1-c1cc(C(=O)O)no1. The number of hydrogen-bond donors (Lipinski definition) is 1. The average Bonchev–Trinajstić information content (AvgIpc) is 2.71. The normalized spacial score (nSPS) is 10.4. The number of nitrogens with zero attached hydrogens (tertiary/aromatic N) is 2. The van der Waals surface area contributed by atoms with Crippen molar-refractivity contribution in [2.75, 3.05) is 0 Å². The molecule has 2 aromatic heterocycles. The fourth-order valence-electron chi connectivity index (χ4n) is 1.21. The number of rotatable bonds is 2. The molecule has 0 unspecified atom stereocenters. The monoisotopic (exact) mass is 192 g/mol. The molecule has 2 aromatic rings. The predicted molar refractivity (Wildman–Crippen MR) is 47.9 cm³/mol. The summed E-state index contributed by atoms with van der Waals surface area (Å²) < 4.78 is 6.73. The molecule has 0 amide bonds. The van der Waals surface area contributed by atoms with Crippen molar-refractivity contribution in [2.24, 2.45) is 7.05 Å². The van der Waals surface area contributed by atoms with Gasteiger partial charge in [0.2, 0.25) is 0 Å². The zero-order valence-electron chi connectivity index (χ0n) is 7.47. The highest BCUT2D eigenvalue weighted by Gasteiger charge is 2.13. The molecule has 14 heavy (non-hydrogen) atoms. The second kappa shape index (κ2) is 3.02. The molecule has 2 heterocycles. The van der Waals surface area contributed by atoms with Crippen LogP contribution in [0.4, 0.5) is 0 Å². The van der Waals surface area contributed by atoms with Crippen LogP contribution in [0.1, 0.15) is 10.5 Å². The smallest absolute Gasteiger partial charge is 0.358 e. The Hall–Kier alpha value is -2.04. The number of aromatic nitrogens is 2. The van der Waals surface area contributed by atoms with Gasteiger partial charge in [0, 0.05) is 19.3 Å². The summed E-state index contributed by atoms with van der Waals surface area (Å²) in [5.74, 6) is -0.635. The van der Waals surface area contributed by atoms with Gasteiger partial charge in [-0.15, -0.1) is 0 Å². The number of carboxylic acid groups (broad SMARTS) is 1. The maximum absolute atomic E-state index is 10.5. The molecule has 0 saturated carbocycles. The first-order valence-corrected chi connectivity index (χ1v) is 4.00. The van der Waals surface area contributed by atoms with E-state index in [1.54, 1.807) is 0 Å². The first kappa shape index (κ1) is 8.55. The minimum atomic E-state index is -1.09. The van der Waals surface area contributed by atoms with Crippen LogP contribution in [0.25, 0.3) is 11.5 Å². The highest BCUT2D eigenvalue weighted by atomic mass is 16.5. The second-order valence-electron chi connectivity index (χ2n) is 2.89. The molecule has 5 nitrogen and oxygen atoms in total. The third kappa shape index (κ3) is 1.28. The summed E-state index contributed by atoms with van der Waals surface area (Å²) in [5.41, 5.74) is 0.714. The van der Waals surface area contributed by atoms with Crippen LogP contribution in [0.2, 0.25) is 0 Å². The van der Waals surface area contributed by atoms with Crippen molar-refractivity contribution < 1.29 is 14.4 Å². The maximum atomic E-state index is 10.5. The lowest BCUT2D eigenvalue weighted by Gasteiger charge is -1.95. The molecule has 72 valence electrons. The van der Waals surface area contributed by atoms with Gasteiger partial charge in [-0.05, 0) is 12.1 Å². The highest BCUT2D eigenvalue weighted by molar-refractivity contribution is 5.86. The molecule has 0 atom stereocenters. The lowest BCUT2D eigenvalue weighted by Crippen LogP contribution is -1.94. The first-order valence-electron chi connectivity index (χ1n) is 4.00. The summed E-state index contributed by atoms with van der Waals surface area (Å²) >= 11 is 0. The van der Waals surface area contributed by atoms with E-state index in [4.69, 9.17) is 9.63 Å². The number of aromatic carboxylic acids is 1. The van der Waals surface area contributed by atoms with Gasteiger partial charge in [0.25, 0.3) is 0 Å². The number of hydrogen-bond acceptors (Lipinski definition) is 3. The molecule has 0 aliphatic rings. The van der Waals surface area contributed by atoms with Gasteiger partial charge in [-0.1, -0.05) is 5.16 Å². The van der Waals surface area contributed by atoms with E-state index in [2.05, 4.69) is 5.16 Å². The van der Waals surface area contributed by atoms with Crippen LogP contribution in [0.15, 0.2) is 28.9 Å². The fourth-order valence-corrected chi connectivity index (χ4v) is 1.21. The summed E-state index contributed by atoms with van der Waals surface area (Å²) in [6.07, 6.45) is 1.85. The second-order valence-corrected chi connectivity index (χ2v) is 2.89. The van der Waals surface area contributed by atoms with E-state index in [1.165, 1.54) is 6.07 Å². The van der Waals surface area contributed by atoms with Crippen LogP contribution in [-0.2, 0) is 7.05 Å². The molecule has 0 fully saturated rings. The van der Waals surface area contributed by atoms with Gasteiger partial charge < -0.3 is 14.2 Å². The van der Waals surface area contributed by atoms with E-state index in [1.807, 2.05) is 29.9 Å². The van der Waals surface area contributed by atoms with Gasteiger partial charge in [0.15, 0.2) is 11.5 Å². The number of aryl methyl sites for hydroxylation is 1. The van der Waals surface area contributed by atoms with E-state index in [0.29, 0.717) is 5.76 Å². The number of carboxylic acids is 1. The quantitative estimate of drug-likeness (QED) is 0.780. The van der Waals surface area contributed by atoms with Crippen molar-refractivity contribution in [3.8, 4) is 11.5 Å². The fraction of sp³-hybridized carbons (Fsp3) is 0.111. The standard InChI is InChI=1S/C9H8N2O3/c1-11-4-2-3-7(11)8-5-6(9(12)13)10-14-8/h2-5H,1H3,(H,12,13). The maximum Gasteiger partial charge on any atom is 0.358 e. The van der Waals surface area contributed by atoms with Crippen LogP contribution < -0.4 is 0 Å². The molecule has 0 spiro atoms. The Bertz CT molecular complexity index is 470. The van der Waals surface area contributed by atoms with Crippen molar-refractivity contribution in [1.29, 1.82) is 0 Å². The summed E-state index contributed by atoms with van der Waals surface area (Å²) in [7, 11) is 1.85. The Morgan fingerprint density at radius 3 is 2.93 bits per heavy atom. The molecule has 2 rings (SSSR count). The zero-order valence-corrected chi connectivity index (χ0v) is 7.47. The van der Waals surface area contributed by atoms with Crippen molar-refractivity contribution in [1.82, 2.24) is 9.72 Å². The average molecular weight is 192 g/mol. The molecule has 1 N–H and O–H groups in total. The lowest BCUT2D eigenvalue weighted by atomic mass is 10.3. The number of carbonyl (C=O) groups is 1. The molecule has 5 heteroatoms. The molecule has 0 saturated heterocycles. The first-order chi connectivity index (χ1) is 6.68. The van der Waals surface area contributed by atoms with Crippen LogP contribution >= 0.6 is 0 Å². The third-order valence-electron chi connectivity index (χ3n) is 1.93. The third-order valence-corrected chi connectivity index (χ3v) is 1.93. The van der Waals surface area contributed by atoms with Gasteiger partial charge in [-0.3, -0.25) is 0 Å². The zero-order chi connectivity index (χ0) is 10.1. The van der Waals surface area contributed by atoms with Gasteiger partial charge >= 0.3 is 5.97 Å². The van der Waals surface area contributed by atoms with Crippen LogP contribution in [0.5, 0.6) is 0 Å². The molecule has 0 bridgehead atoms. The van der Waals surface area contributed by atoms with E-state index >= 15 is 0 Å². The van der Waals surface area contributed by atoms with Crippen molar-refractivity contribution >= 4 is 5.97 Å². The van der Waals surface area contributed by atoms with Crippen LogP contribution in [0, 0.1) is 0 Å². The topological polar surface area (TPSA) is 68.3 Å². The summed E-state index contributed by atoms with van der Waals surface area (Å²) in [4.78, 5) is 10.5. The molecule has 0 aromatic carbocycles. The van der Waals surface area contributed by atoms with Gasteiger partial charge in [-0.2, -0.15) is 0 Å². The van der Waals surface area contributed by atoms with Gasteiger partial charge in [-0.25, -0.2) is 4.79 Å². The molecule has 0 radical (unpaired) electrons. The van der Waals surface area contributed by atoms with E-state index in [-0.39, 0.29) is 5.69 Å². The van der Waals surface area contributed by atoms with Crippen LogP contribution in [-0.4, -0.2) is 20.8 Å². The van der Waals surface area contributed by atoms with Crippen molar-refractivity contribution in [3.05, 3.63) is 30.1 Å².